The molecule has 0 bridgehead atoms. The molecule has 0 fully saturated rings. The Hall–Kier alpha value is -1.36. The van der Waals surface area contributed by atoms with Crippen LogP contribution in [0.3, 0.4) is 0 Å². The van der Waals surface area contributed by atoms with Crippen LogP contribution >= 0.6 is 11.3 Å². The summed E-state index contributed by atoms with van der Waals surface area (Å²) in [6, 6.07) is 0. The second kappa shape index (κ2) is 3.79. The molecule has 0 aromatic carbocycles. The Labute approximate surface area is 86.6 Å². The van der Waals surface area contributed by atoms with Crippen molar-refractivity contribution in [2.24, 2.45) is 0 Å². The van der Waals surface area contributed by atoms with Crippen molar-refractivity contribution in [3.8, 4) is 0 Å². The van der Waals surface area contributed by atoms with Crippen molar-refractivity contribution in [2.45, 2.75) is 13.5 Å². The summed E-state index contributed by atoms with van der Waals surface area (Å²) in [6.45, 7) is 2.83. The van der Waals surface area contributed by atoms with Crippen molar-refractivity contribution in [3.63, 3.8) is 0 Å². The van der Waals surface area contributed by atoms with Gasteiger partial charge in [-0.3, -0.25) is 4.98 Å². The summed E-state index contributed by atoms with van der Waals surface area (Å²) in [5.41, 5.74) is 2.87. The van der Waals surface area contributed by atoms with E-state index in [0.717, 1.165) is 18.2 Å². The molecule has 0 spiro atoms. The first-order valence-corrected chi connectivity index (χ1v) is 5.26. The average molecular weight is 208 g/mol. The standard InChI is InChI=1S/C9H12N4S/c1-7-4-13(9(10-2)12-7)5-8-3-11-6-14-8/h3-4,6H,5H2,1-2H3,(H,10,12). The zero-order valence-corrected chi connectivity index (χ0v) is 9.01. The molecule has 2 aromatic heterocycles. The van der Waals surface area contributed by atoms with Gasteiger partial charge in [-0.2, -0.15) is 0 Å². The Morgan fingerprint density at radius 3 is 3.07 bits per heavy atom. The lowest BCUT2D eigenvalue weighted by Gasteiger charge is -2.03. The molecule has 0 aliphatic carbocycles. The smallest absolute Gasteiger partial charge is 0.203 e. The normalized spacial score (nSPS) is 10.4. The molecule has 2 rings (SSSR count). The van der Waals surface area contributed by atoms with Crippen LogP contribution in [0.2, 0.25) is 0 Å². The predicted molar refractivity (Wildman–Crippen MR) is 57.7 cm³/mol. The van der Waals surface area contributed by atoms with Crippen molar-refractivity contribution in [1.82, 2.24) is 14.5 Å². The summed E-state index contributed by atoms with van der Waals surface area (Å²) in [5.74, 6) is 0.899. The summed E-state index contributed by atoms with van der Waals surface area (Å²) >= 11 is 1.66. The number of nitrogens with one attached hydrogen (secondary N) is 1. The van der Waals surface area contributed by atoms with Gasteiger partial charge in [0.1, 0.15) is 0 Å². The van der Waals surface area contributed by atoms with E-state index in [1.54, 1.807) is 11.3 Å². The molecule has 2 heterocycles. The Balaban J connectivity index is 2.23. The first-order valence-electron chi connectivity index (χ1n) is 4.38. The van der Waals surface area contributed by atoms with E-state index in [0.29, 0.717) is 0 Å². The van der Waals surface area contributed by atoms with E-state index in [9.17, 15) is 0 Å². The lowest BCUT2D eigenvalue weighted by Crippen LogP contribution is -2.02. The van der Waals surface area contributed by atoms with Gasteiger partial charge in [-0.1, -0.05) is 0 Å². The fourth-order valence-electron chi connectivity index (χ4n) is 1.35. The molecular weight excluding hydrogens is 196 g/mol. The van der Waals surface area contributed by atoms with Crippen LogP contribution < -0.4 is 5.32 Å². The van der Waals surface area contributed by atoms with Gasteiger partial charge in [-0.05, 0) is 6.92 Å². The van der Waals surface area contributed by atoms with Gasteiger partial charge in [0, 0.05) is 24.3 Å². The summed E-state index contributed by atoms with van der Waals surface area (Å²) in [6.07, 6.45) is 3.92. The van der Waals surface area contributed by atoms with Crippen LogP contribution in [0.4, 0.5) is 5.95 Å². The quantitative estimate of drug-likeness (QED) is 0.835. The van der Waals surface area contributed by atoms with Crippen molar-refractivity contribution < 1.29 is 0 Å². The molecule has 2 aromatic rings. The third-order valence-electron chi connectivity index (χ3n) is 1.93. The number of hydrogen-bond donors (Lipinski definition) is 1. The molecule has 0 saturated carbocycles. The topological polar surface area (TPSA) is 42.7 Å². The monoisotopic (exact) mass is 208 g/mol. The molecule has 4 nitrogen and oxygen atoms in total. The zero-order chi connectivity index (χ0) is 9.97. The minimum absolute atomic E-state index is 0.835. The fraction of sp³-hybridized carbons (Fsp3) is 0.333. The van der Waals surface area contributed by atoms with Gasteiger partial charge in [0.15, 0.2) is 0 Å². The summed E-state index contributed by atoms with van der Waals surface area (Å²) in [5, 5.41) is 3.06. The van der Waals surface area contributed by atoms with E-state index in [1.165, 1.54) is 4.88 Å². The number of thiazole rings is 1. The second-order valence-electron chi connectivity index (χ2n) is 3.05. The molecule has 0 aliphatic rings. The van der Waals surface area contributed by atoms with Gasteiger partial charge in [0.2, 0.25) is 5.95 Å². The molecule has 74 valence electrons. The number of nitrogens with zero attached hydrogens (tertiary/aromatic N) is 3. The van der Waals surface area contributed by atoms with Crippen LogP contribution in [0, 0.1) is 6.92 Å². The van der Waals surface area contributed by atoms with Crippen LogP contribution in [0.15, 0.2) is 17.9 Å². The zero-order valence-electron chi connectivity index (χ0n) is 8.19. The molecule has 0 aliphatic heterocycles. The van der Waals surface area contributed by atoms with E-state index >= 15 is 0 Å². The van der Waals surface area contributed by atoms with Gasteiger partial charge < -0.3 is 9.88 Å². The lowest BCUT2D eigenvalue weighted by atomic mass is 10.5. The van der Waals surface area contributed by atoms with Crippen LogP contribution in [0.25, 0.3) is 0 Å². The van der Waals surface area contributed by atoms with E-state index in [-0.39, 0.29) is 0 Å². The fourth-order valence-corrected chi connectivity index (χ4v) is 1.95. The average Bonchev–Trinajstić information content (AvgIpc) is 2.76. The third kappa shape index (κ3) is 1.77. The Bertz CT molecular complexity index is 404. The molecule has 14 heavy (non-hydrogen) atoms. The van der Waals surface area contributed by atoms with Gasteiger partial charge >= 0.3 is 0 Å². The number of imidazole rings is 1. The molecule has 0 saturated heterocycles. The molecule has 0 radical (unpaired) electrons. The lowest BCUT2D eigenvalue weighted by molar-refractivity contribution is 0.815. The summed E-state index contributed by atoms with van der Waals surface area (Å²) in [7, 11) is 1.88. The largest absolute Gasteiger partial charge is 0.359 e. The highest BCUT2D eigenvalue weighted by Crippen LogP contribution is 2.13. The summed E-state index contributed by atoms with van der Waals surface area (Å²) < 4.78 is 2.09. The molecular formula is C9H12N4S. The van der Waals surface area contributed by atoms with Gasteiger partial charge in [0.05, 0.1) is 17.7 Å². The van der Waals surface area contributed by atoms with Crippen molar-refractivity contribution in [1.29, 1.82) is 0 Å². The van der Waals surface area contributed by atoms with Crippen LogP contribution in [0.1, 0.15) is 10.6 Å². The van der Waals surface area contributed by atoms with Crippen LogP contribution in [-0.4, -0.2) is 21.6 Å². The number of rotatable bonds is 3. The number of anilines is 1. The minimum Gasteiger partial charge on any atom is -0.359 e. The van der Waals surface area contributed by atoms with Gasteiger partial charge in [-0.15, -0.1) is 11.3 Å². The Morgan fingerprint density at radius 2 is 2.43 bits per heavy atom. The highest BCUT2D eigenvalue weighted by atomic mass is 32.1. The number of hydrogen-bond acceptors (Lipinski definition) is 4. The van der Waals surface area contributed by atoms with Crippen LogP contribution in [0.5, 0.6) is 0 Å². The maximum absolute atomic E-state index is 4.35. The maximum atomic E-state index is 4.35. The second-order valence-corrected chi connectivity index (χ2v) is 4.02. The molecule has 0 amide bonds. The van der Waals surface area contributed by atoms with E-state index in [1.807, 2.05) is 31.9 Å². The first kappa shape index (κ1) is 9.21. The Kier molecular flexibility index (Phi) is 2.49. The molecule has 0 unspecified atom stereocenters. The summed E-state index contributed by atoms with van der Waals surface area (Å²) in [4.78, 5) is 9.63. The van der Waals surface area contributed by atoms with Crippen molar-refractivity contribution in [2.75, 3.05) is 12.4 Å². The van der Waals surface area contributed by atoms with E-state index in [2.05, 4.69) is 19.9 Å². The van der Waals surface area contributed by atoms with E-state index in [4.69, 9.17) is 0 Å². The first-order chi connectivity index (χ1) is 6.79. The Morgan fingerprint density at radius 1 is 1.57 bits per heavy atom. The van der Waals surface area contributed by atoms with Crippen molar-refractivity contribution in [3.05, 3.63) is 28.5 Å². The van der Waals surface area contributed by atoms with Crippen LogP contribution in [-0.2, 0) is 6.54 Å². The third-order valence-corrected chi connectivity index (χ3v) is 2.69. The number of aromatic nitrogens is 3. The molecule has 5 heteroatoms. The highest BCUT2D eigenvalue weighted by Gasteiger charge is 2.04. The van der Waals surface area contributed by atoms with E-state index < -0.39 is 0 Å². The molecule has 1 N–H and O–H groups in total. The number of aryl methyl sites for hydroxylation is 1. The van der Waals surface area contributed by atoms with Crippen molar-refractivity contribution >= 4 is 17.3 Å². The minimum atomic E-state index is 0.835. The molecule has 0 atom stereocenters. The maximum Gasteiger partial charge on any atom is 0.203 e. The van der Waals surface area contributed by atoms with Gasteiger partial charge in [0.25, 0.3) is 0 Å². The van der Waals surface area contributed by atoms with Gasteiger partial charge in [-0.25, -0.2) is 4.98 Å². The SMILES string of the molecule is CNc1nc(C)cn1Cc1cncs1. The highest BCUT2D eigenvalue weighted by molar-refractivity contribution is 7.09. The predicted octanol–water partition coefficient (Wildman–Crippen LogP) is 1.74.